The summed E-state index contributed by atoms with van der Waals surface area (Å²) in [6.45, 7) is 6.54. The molecule has 0 aliphatic heterocycles. The van der Waals surface area contributed by atoms with E-state index in [0.29, 0.717) is 17.7 Å². The Morgan fingerprint density at radius 2 is 1.71 bits per heavy atom. The summed E-state index contributed by atoms with van der Waals surface area (Å²) in [6.07, 6.45) is 0.387. The molecule has 2 aromatic carbocycles. The van der Waals surface area contributed by atoms with E-state index in [-0.39, 0.29) is 11.2 Å². The first-order valence-electron chi connectivity index (χ1n) is 7.26. The standard InChI is InChI=1S/C18H22BNO/c1-18(2,3)13-6-4-12(5-7-13)10-17(21)15-11-14(19)8-9-16(15)20/h4-9,11H,10,19-20H2,1-3H3. The van der Waals surface area contributed by atoms with E-state index in [2.05, 4.69) is 32.9 Å². The highest BCUT2D eigenvalue weighted by molar-refractivity contribution is 6.33. The lowest BCUT2D eigenvalue weighted by Gasteiger charge is -2.19. The SMILES string of the molecule is Bc1ccc(N)c(C(=O)Cc2ccc(C(C)(C)C)cc2)c1. The number of nitrogens with two attached hydrogens (primary N) is 1. The van der Waals surface area contributed by atoms with Gasteiger partial charge in [0.15, 0.2) is 5.78 Å². The van der Waals surface area contributed by atoms with Crippen LogP contribution in [0, 0.1) is 0 Å². The fourth-order valence-electron chi connectivity index (χ4n) is 2.31. The smallest absolute Gasteiger partial charge is 0.169 e. The molecule has 21 heavy (non-hydrogen) atoms. The van der Waals surface area contributed by atoms with Gasteiger partial charge in [0.2, 0.25) is 0 Å². The predicted octanol–water partition coefficient (Wildman–Crippen LogP) is 2.25. The zero-order valence-electron chi connectivity index (χ0n) is 13.2. The molecule has 0 amide bonds. The number of anilines is 1. The summed E-state index contributed by atoms with van der Waals surface area (Å²) in [4.78, 5) is 12.4. The quantitative estimate of drug-likeness (QED) is 0.532. The fourth-order valence-corrected chi connectivity index (χ4v) is 2.31. The summed E-state index contributed by atoms with van der Waals surface area (Å²) in [5, 5.41) is 0. The van der Waals surface area contributed by atoms with Crippen molar-refractivity contribution in [2.75, 3.05) is 5.73 Å². The second kappa shape index (κ2) is 5.76. The number of nitrogen functional groups attached to an aromatic ring is 1. The van der Waals surface area contributed by atoms with E-state index in [1.54, 1.807) is 6.07 Å². The highest BCUT2D eigenvalue weighted by Gasteiger charge is 2.14. The van der Waals surface area contributed by atoms with Gasteiger partial charge in [-0.1, -0.05) is 62.6 Å². The Morgan fingerprint density at radius 1 is 1.10 bits per heavy atom. The van der Waals surface area contributed by atoms with Crippen molar-refractivity contribution in [1.82, 2.24) is 0 Å². The van der Waals surface area contributed by atoms with Gasteiger partial charge in [-0.05, 0) is 22.6 Å². The van der Waals surface area contributed by atoms with Crippen LogP contribution in [-0.4, -0.2) is 13.6 Å². The summed E-state index contributed by atoms with van der Waals surface area (Å²) in [5.74, 6) is 0.0692. The number of hydrogen-bond donors (Lipinski definition) is 1. The van der Waals surface area contributed by atoms with Gasteiger partial charge in [0, 0.05) is 17.7 Å². The summed E-state index contributed by atoms with van der Waals surface area (Å²) in [5.41, 5.74) is 10.6. The molecule has 0 saturated heterocycles. The first kappa shape index (κ1) is 15.4. The highest BCUT2D eigenvalue weighted by Crippen LogP contribution is 2.22. The van der Waals surface area contributed by atoms with Gasteiger partial charge >= 0.3 is 0 Å². The molecular weight excluding hydrogens is 257 g/mol. The maximum Gasteiger partial charge on any atom is 0.169 e. The minimum Gasteiger partial charge on any atom is -0.398 e. The molecule has 3 heteroatoms. The Kier molecular flexibility index (Phi) is 4.22. The zero-order valence-corrected chi connectivity index (χ0v) is 13.2. The van der Waals surface area contributed by atoms with E-state index in [1.807, 2.05) is 32.1 Å². The Morgan fingerprint density at radius 3 is 2.29 bits per heavy atom. The van der Waals surface area contributed by atoms with E-state index in [1.165, 1.54) is 5.56 Å². The van der Waals surface area contributed by atoms with Crippen LogP contribution in [0.25, 0.3) is 0 Å². The largest absolute Gasteiger partial charge is 0.398 e. The number of Topliss-reactive ketones (excluding diaryl/α,β-unsaturated/α-hetero) is 1. The highest BCUT2D eigenvalue weighted by atomic mass is 16.1. The predicted molar refractivity (Wildman–Crippen MR) is 92.2 cm³/mol. The van der Waals surface area contributed by atoms with Crippen molar-refractivity contribution in [3.63, 3.8) is 0 Å². The molecule has 108 valence electrons. The molecule has 2 nitrogen and oxygen atoms in total. The summed E-state index contributed by atoms with van der Waals surface area (Å²) in [7, 11) is 1.97. The molecule has 0 atom stereocenters. The number of rotatable bonds is 3. The topological polar surface area (TPSA) is 43.1 Å². The van der Waals surface area contributed by atoms with Crippen LogP contribution in [-0.2, 0) is 11.8 Å². The molecular formula is C18H22BNO. The Bertz CT molecular complexity index is 654. The van der Waals surface area contributed by atoms with Gasteiger partial charge in [0.25, 0.3) is 0 Å². The monoisotopic (exact) mass is 279 g/mol. The molecule has 0 spiro atoms. The molecule has 2 aromatic rings. The summed E-state index contributed by atoms with van der Waals surface area (Å²) in [6, 6.07) is 13.8. The van der Waals surface area contributed by atoms with Crippen molar-refractivity contribution in [2.24, 2.45) is 0 Å². The van der Waals surface area contributed by atoms with Crippen molar-refractivity contribution >= 4 is 24.8 Å². The lowest BCUT2D eigenvalue weighted by molar-refractivity contribution is 0.0994. The van der Waals surface area contributed by atoms with Gasteiger partial charge in [-0.3, -0.25) is 4.79 Å². The maximum atomic E-state index is 12.4. The third-order valence-electron chi connectivity index (χ3n) is 3.69. The fraction of sp³-hybridized carbons (Fsp3) is 0.278. The van der Waals surface area contributed by atoms with Crippen molar-refractivity contribution < 1.29 is 4.79 Å². The summed E-state index contributed by atoms with van der Waals surface area (Å²) >= 11 is 0. The average molecular weight is 279 g/mol. The van der Waals surface area contributed by atoms with Gasteiger partial charge < -0.3 is 5.73 Å². The van der Waals surface area contributed by atoms with Crippen LogP contribution in [0.2, 0.25) is 0 Å². The van der Waals surface area contributed by atoms with Gasteiger partial charge in [0.1, 0.15) is 7.85 Å². The summed E-state index contributed by atoms with van der Waals surface area (Å²) < 4.78 is 0. The second-order valence-electron chi connectivity index (χ2n) is 6.64. The normalized spacial score (nSPS) is 11.4. The number of benzene rings is 2. The second-order valence-corrected chi connectivity index (χ2v) is 6.64. The van der Waals surface area contributed by atoms with E-state index in [4.69, 9.17) is 5.73 Å². The van der Waals surface area contributed by atoms with Crippen LogP contribution < -0.4 is 11.2 Å². The van der Waals surface area contributed by atoms with Crippen LogP contribution in [0.15, 0.2) is 42.5 Å². The molecule has 0 aliphatic rings. The van der Waals surface area contributed by atoms with Gasteiger partial charge in [-0.2, -0.15) is 0 Å². The zero-order chi connectivity index (χ0) is 15.6. The van der Waals surface area contributed by atoms with Gasteiger partial charge in [0.05, 0.1) is 0 Å². The number of carbonyl (C=O) groups excluding carboxylic acids is 1. The third-order valence-corrected chi connectivity index (χ3v) is 3.69. The van der Waals surface area contributed by atoms with Crippen LogP contribution >= 0.6 is 0 Å². The van der Waals surface area contributed by atoms with Crippen LogP contribution in [0.1, 0.15) is 42.3 Å². The van der Waals surface area contributed by atoms with Crippen molar-refractivity contribution in [3.05, 3.63) is 59.2 Å². The molecule has 0 bridgehead atoms. The number of ketones is 1. The van der Waals surface area contributed by atoms with Crippen LogP contribution in [0.5, 0.6) is 0 Å². The molecule has 2 rings (SSSR count). The Balaban J connectivity index is 2.18. The van der Waals surface area contributed by atoms with E-state index >= 15 is 0 Å². The van der Waals surface area contributed by atoms with E-state index in [0.717, 1.165) is 11.0 Å². The Labute approximate surface area is 127 Å². The molecule has 0 radical (unpaired) electrons. The molecule has 0 unspecified atom stereocenters. The number of hydrogen-bond acceptors (Lipinski definition) is 2. The first-order chi connectivity index (χ1) is 9.77. The minimum atomic E-state index is 0.0692. The Hall–Kier alpha value is -2.03. The molecule has 0 aromatic heterocycles. The van der Waals surface area contributed by atoms with Crippen LogP contribution in [0.3, 0.4) is 0 Å². The van der Waals surface area contributed by atoms with E-state index < -0.39 is 0 Å². The van der Waals surface area contributed by atoms with E-state index in [9.17, 15) is 4.79 Å². The van der Waals surface area contributed by atoms with Crippen LogP contribution in [0.4, 0.5) is 5.69 Å². The minimum absolute atomic E-state index is 0.0692. The van der Waals surface area contributed by atoms with Crippen molar-refractivity contribution in [3.8, 4) is 0 Å². The van der Waals surface area contributed by atoms with Crippen molar-refractivity contribution in [1.29, 1.82) is 0 Å². The average Bonchev–Trinajstić information content (AvgIpc) is 2.41. The molecule has 0 heterocycles. The van der Waals surface area contributed by atoms with Gasteiger partial charge in [-0.15, -0.1) is 0 Å². The number of carbonyl (C=O) groups is 1. The molecule has 0 aliphatic carbocycles. The molecule has 0 fully saturated rings. The lowest BCUT2D eigenvalue weighted by atomic mass is 9.86. The lowest BCUT2D eigenvalue weighted by Crippen LogP contribution is -2.13. The third kappa shape index (κ3) is 3.75. The van der Waals surface area contributed by atoms with Gasteiger partial charge in [-0.25, -0.2) is 0 Å². The molecule has 2 N–H and O–H groups in total. The maximum absolute atomic E-state index is 12.4. The molecule has 0 saturated carbocycles. The van der Waals surface area contributed by atoms with Crippen molar-refractivity contribution in [2.45, 2.75) is 32.6 Å². The first-order valence-corrected chi connectivity index (χ1v) is 7.26.